The molecule has 0 atom stereocenters. The minimum atomic E-state index is 0.655. The molecule has 2 aromatic rings. The molecule has 2 N–H and O–H groups in total. The molecule has 0 bridgehead atoms. The van der Waals surface area contributed by atoms with Crippen LogP contribution in [0.25, 0.3) is 10.9 Å². The van der Waals surface area contributed by atoms with E-state index in [0.29, 0.717) is 12.0 Å². The fourth-order valence-corrected chi connectivity index (χ4v) is 3.45. The molecule has 0 radical (unpaired) electrons. The molecule has 3 nitrogen and oxygen atoms in total. The maximum Gasteiger partial charge on any atom is 0.0743 e. The van der Waals surface area contributed by atoms with E-state index in [1.807, 2.05) is 18.3 Å². The van der Waals surface area contributed by atoms with Crippen molar-refractivity contribution >= 4 is 22.3 Å². The summed E-state index contributed by atoms with van der Waals surface area (Å²) < 4.78 is 0. The number of hydrogen-bond acceptors (Lipinski definition) is 3. The predicted octanol–water partition coefficient (Wildman–Crippen LogP) is 4.22. The van der Waals surface area contributed by atoms with E-state index in [9.17, 15) is 0 Å². The van der Waals surface area contributed by atoms with Crippen molar-refractivity contribution in [1.82, 2.24) is 4.98 Å². The molecule has 3 rings (SSSR count). The lowest BCUT2D eigenvalue weighted by molar-refractivity contribution is 0.537. The summed E-state index contributed by atoms with van der Waals surface area (Å²) in [7, 11) is 0. The zero-order valence-electron chi connectivity index (χ0n) is 13.0. The fraction of sp³-hybridized carbons (Fsp3) is 0.500. The molecule has 1 aromatic heterocycles. The summed E-state index contributed by atoms with van der Waals surface area (Å²) in [5.41, 5.74) is 9.00. The van der Waals surface area contributed by atoms with E-state index >= 15 is 0 Å². The summed E-state index contributed by atoms with van der Waals surface area (Å²) >= 11 is 0. The number of hydrogen-bond donors (Lipinski definition) is 1. The van der Waals surface area contributed by atoms with E-state index in [1.54, 1.807) is 0 Å². The Kier molecular flexibility index (Phi) is 4.00. The quantitative estimate of drug-likeness (QED) is 0.854. The van der Waals surface area contributed by atoms with Crippen LogP contribution in [0.5, 0.6) is 0 Å². The monoisotopic (exact) mass is 283 g/mol. The molecule has 1 aliphatic rings. The highest BCUT2D eigenvalue weighted by Gasteiger charge is 2.24. The van der Waals surface area contributed by atoms with E-state index in [0.717, 1.165) is 17.7 Å². The average Bonchev–Trinajstić information content (AvgIpc) is 2.97. The number of rotatable bonds is 4. The third-order valence-electron chi connectivity index (χ3n) is 4.38. The van der Waals surface area contributed by atoms with Gasteiger partial charge in [-0.2, -0.15) is 0 Å². The summed E-state index contributed by atoms with van der Waals surface area (Å²) in [5.74, 6) is 0.655. The second-order valence-electron chi connectivity index (χ2n) is 6.59. The zero-order valence-corrected chi connectivity index (χ0v) is 13.0. The number of pyridine rings is 1. The van der Waals surface area contributed by atoms with Gasteiger partial charge in [-0.05, 0) is 43.0 Å². The highest BCUT2D eigenvalue weighted by atomic mass is 15.2. The summed E-state index contributed by atoms with van der Waals surface area (Å²) in [6, 6.07) is 8.92. The Hall–Kier alpha value is -1.77. The van der Waals surface area contributed by atoms with Crippen molar-refractivity contribution in [3.63, 3.8) is 0 Å². The van der Waals surface area contributed by atoms with E-state index in [2.05, 4.69) is 35.9 Å². The van der Waals surface area contributed by atoms with Gasteiger partial charge in [0.1, 0.15) is 0 Å². The smallest absolute Gasteiger partial charge is 0.0743 e. The van der Waals surface area contributed by atoms with Crippen LogP contribution < -0.4 is 10.6 Å². The lowest BCUT2D eigenvalue weighted by atomic mass is 10.1. The van der Waals surface area contributed by atoms with Crippen molar-refractivity contribution in [2.45, 2.75) is 45.6 Å². The highest BCUT2D eigenvalue weighted by molar-refractivity contribution is 5.93. The molecule has 1 aliphatic carbocycles. The molecule has 0 unspecified atom stereocenters. The average molecular weight is 283 g/mol. The Morgan fingerprint density at radius 2 is 2.00 bits per heavy atom. The molecule has 1 saturated carbocycles. The van der Waals surface area contributed by atoms with E-state index in [1.165, 1.54) is 36.8 Å². The third-order valence-corrected chi connectivity index (χ3v) is 4.38. The fourth-order valence-electron chi connectivity index (χ4n) is 3.45. The molecule has 0 aliphatic heterocycles. The summed E-state index contributed by atoms with van der Waals surface area (Å²) in [5, 5.41) is 1.22. The van der Waals surface area contributed by atoms with Crippen molar-refractivity contribution in [1.29, 1.82) is 0 Å². The molecule has 0 saturated heterocycles. The first-order valence-corrected chi connectivity index (χ1v) is 8.06. The van der Waals surface area contributed by atoms with Gasteiger partial charge in [0.25, 0.3) is 0 Å². The van der Waals surface area contributed by atoms with Gasteiger partial charge in [-0.15, -0.1) is 0 Å². The van der Waals surface area contributed by atoms with Crippen LogP contribution in [0.2, 0.25) is 0 Å². The minimum Gasteiger partial charge on any atom is -0.399 e. The molecule has 3 heteroatoms. The van der Waals surface area contributed by atoms with Gasteiger partial charge in [-0.1, -0.05) is 26.7 Å². The Morgan fingerprint density at radius 1 is 1.24 bits per heavy atom. The van der Waals surface area contributed by atoms with Crippen LogP contribution in [-0.4, -0.2) is 17.6 Å². The first kappa shape index (κ1) is 14.2. The Bertz CT molecular complexity index is 615. The van der Waals surface area contributed by atoms with Crippen LogP contribution in [0.3, 0.4) is 0 Å². The Morgan fingerprint density at radius 3 is 2.71 bits per heavy atom. The maximum absolute atomic E-state index is 5.90. The SMILES string of the molecule is CC(C)CN(c1ccnc2cc(N)ccc12)C1CCCC1. The molecular weight excluding hydrogens is 258 g/mol. The first-order valence-electron chi connectivity index (χ1n) is 8.06. The molecule has 1 aromatic carbocycles. The van der Waals surface area contributed by atoms with Crippen molar-refractivity contribution in [2.75, 3.05) is 17.2 Å². The van der Waals surface area contributed by atoms with Gasteiger partial charge >= 0.3 is 0 Å². The number of fused-ring (bicyclic) bond motifs is 1. The molecule has 112 valence electrons. The van der Waals surface area contributed by atoms with Crippen LogP contribution in [0.4, 0.5) is 11.4 Å². The van der Waals surface area contributed by atoms with Crippen molar-refractivity contribution in [2.24, 2.45) is 5.92 Å². The van der Waals surface area contributed by atoms with Crippen LogP contribution in [0, 0.1) is 5.92 Å². The number of aromatic nitrogens is 1. The predicted molar refractivity (Wildman–Crippen MR) is 90.6 cm³/mol. The van der Waals surface area contributed by atoms with Gasteiger partial charge in [0.2, 0.25) is 0 Å². The normalized spacial score (nSPS) is 16.0. The van der Waals surface area contributed by atoms with Gasteiger partial charge < -0.3 is 10.6 Å². The largest absolute Gasteiger partial charge is 0.399 e. The van der Waals surface area contributed by atoms with Gasteiger partial charge in [0, 0.05) is 35.5 Å². The zero-order chi connectivity index (χ0) is 14.8. The lowest BCUT2D eigenvalue weighted by Gasteiger charge is -2.33. The van der Waals surface area contributed by atoms with E-state index < -0.39 is 0 Å². The third kappa shape index (κ3) is 2.97. The van der Waals surface area contributed by atoms with E-state index in [4.69, 9.17) is 5.73 Å². The van der Waals surface area contributed by atoms with Gasteiger partial charge in [0.15, 0.2) is 0 Å². The van der Waals surface area contributed by atoms with Gasteiger partial charge in [-0.25, -0.2) is 0 Å². The number of anilines is 2. The number of nitrogen functional groups attached to an aromatic ring is 1. The molecule has 1 heterocycles. The highest BCUT2D eigenvalue weighted by Crippen LogP contribution is 2.33. The van der Waals surface area contributed by atoms with Crippen LogP contribution >= 0.6 is 0 Å². The van der Waals surface area contributed by atoms with Crippen molar-refractivity contribution in [3.8, 4) is 0 Å². The maximum atomic E-state index is 5.90. The number of nitrogens with zero attached hydrogens (tertiary/aromatic N) is 2. The Labute approximate surface area is 127 Å². The molecular formula is C18H25N3. The van der Waals surface area contributed by atoms with Crippen LogP contribution in [-0.2, 0) is 0 Å². The topological polar surface area (TPSA) is 42.2 Å². The second kappa shape index (κ2) is 5.92. The molecule has 21 heavy (non-hydrogen) atoms. The van der Waals surface area contributed by atoms with Gasteiger partial charge in [0.05, 0.1) is 5.52 Å². The van der Waals surface area contributed by atoms with Gasteiger partial charge in [-0.3, -0.25) is 4.98 Å². The lowest BCUT2D eigenvalue weighted by Crippen LogP contribution is -2.36. The number of benzene rings is 1. The summed E-state index contributed by atoms with van der Waals surface area (Å²) in [6.45, 7) is 5.70. The Balaban J connectivity index is 2.05. The molecule has 0 spiro atoms. The van der Waals surface area contributed by atoms with Crippen molar-refractivity contribution in [3.05, 3.63) is 30.5 Å². The second-order valence-corrected chi connectivity index (χ2v) is 6.59. The molecule has 1 fully saturated rings. The summed E-state index contributed by atoms with van der Waals surface area (Å²) in [6.07, 6.45) is 7.25. The summed E-state index contributed by atoms with van der Waals surface area (Å²) in [4.78, 5) is 7.09. The minimum absolute atomic E-state index is 0.655. The first-order chi connectivity index (χ1) is 10.1. The van der Waals surface area contributed by atoms with Crippen LogP contribution in [0.15, 0.2) is 30.5 Å². The standard InChI is InChI=1S/C18H25N3/c1-13(2)12-21(15-5-3-4-6-15)18-9-10-20-17-11-14(19)7-8-16(17)18/h7-11,13,15H,3-6,12,19H2,1-2H3. The number of nitrogens with two attached hydrogens (primary N) is 1. The van der Waals surface area contributed by atoms with E-state index in [-0.39, 0.29) is 0 Å². The molecule has 0 amide bonds. The van der Waals surface area contributed by atoms with Crippen LogP contribution in [0.1, 0.15) is 39.5 Å². The van der Waals surface area contributed by atoms with Crippen molar-refractivity contribution < 1.29 is 0 Å².